The van der Waals surface area contributed by atoms with Crippen molar-refractivity contribution in [1.29, 1.82) is 0 Å². The molecule has 0 radical (unpaired) electrons. The highest BCUT2D eigenvalue weighted by Gasteiger charge is 2.23. The maximum absolute atomic E-state index is 12.4. The van der Waals surface area contributed by atoms with Crippen LogP contribution in [0, 0.1) is 6.92 Å². The summed E-state index contributed by atoms with van der Waals surface area (Å²) < 4.78 is 2.74. The molecule has 0 aliphatic carbocycles. The Morgan fingerprint density at radius 2 is 2.14 bits per heavy atom. The Hall–Kier alpha value is -2.84. The molecule has 4 N–H and O–H groups in total. The van der Waals surface area contributed by atoms with E-state index < -0.39 is 11.9 Å². The van der Waals surface area contributed by atoms with Crippen molar-refractivity contribution in [2.45, 2.75) is 20.4 Å². The molecule has 9 heteroatoms. The Labute approximate surface area is 120 Å². The van der Waals surface area contributed by atoms with E-state index in [2.05, 4.69) is 15.5 Å². The molecule has 2 rings (SSSR count). The molecule has 0 spiro atoms. The van der Waals surface area contributed by atoms with Crippen molar-refractivity contribution in [1.82, 2.24) is 19.6 Å². The van der Waals surface area contributed by atoms with Crippen LogP contribution < -0.4 is 11.1 Å². The minimum Gasteiger partial charge on any atom is -0.477 e. The number of amides is 1. The zero-order valence-electron chi connectivity index (χ0n) is 11.9. The smallest absolute Gasteiger partial charge is 0.341 e. The Balaban J connectivity index is 2.40. The number of hydrogen-bond donors (Lipinski definition) is 3. The quantitative estimate of drug-likeness (QED) is 0.751. The first-order valence-corrected chi connectivity index (χ1v) is 6.26. The van der Waals surface area contributed by atoms with E-state index in [1.165, 1.54) is 22.6 Å². The van der Waals surface area contributed by atoms with Gasteiger partial charge in [-0.25, -0.2) is 4.79 Å². The molecule has 2 heterocycles. The molecule has 1 amide bonds. The van der Waals surface area contributed by atoms with Gasteiger partial charge in [0.15, 0.2) is 0 Å². The number of aryl methyl sites for hydroxylation is 3. The molecule has 2 aromatic heterocycles. The lowest BCUT2D eigenvalue weighted by molar-refractivity contribution is 0.0698. The summed E-state index contributed by atoms with van der Waals surface area (Å²) in [5, 5.41) is 19.6. The summed E-state index contributed by atoms with van der Waals surface area (Å²) in [5.74, 6) is -1.61. The number of rotatable bonds is 4. The highest BCUT2D eigenvalue weighted by molar-refractivity contribution is 6.08. The van der Waals surface area contributed by atoms with Crippen molar-refractivity contribution in [3.05, 3.63) is 23.1 Å². The second-order valence-corrected chi connectivity index (χ2v) is 4.45. The number of nitrogens with one attached hydrogen (secondary N) is 1. The van der Waals surface area contributed by atoms with Crippen LogP contribution in [0.15, 0.2) is 6.20 Å². The molecule has 0 aliphatic rings. The third-order valence-electron chi connectivity index (χ3n) is 3.09. The lowest BCUT2D eigenvalue weighted by atomic mass is 10.2. The molecule has 2 aromatic rings. The number of carboxylic acids is 1. The molecule has 0 unspecified atom stereocenters. The van der Waals surface area contributed by atoms with E-state index in [1.807, 2.05) is 6.92 Å². The molecular formula is C12H16N6O3. The first kappa shape index (κ1) is 14.6. The van der Waals surface area contributed by atoms with Crippen LogP contribution in [0.3, 0.4) is 0 Å². The largest absolute Gasteiger partial charge is 0.477 e. The van der Waals surface area contributed by atoms with Gasteiger partial charge in [0.25, 0.3) is 5.91 Å². The number of aromatic nitrogens is 4. The third kappa shape index (κ3) is 2.45. The highest BCUT2D eigenvalue weighted by Crippen LogP contribution is 2.20. The normalized spacial score (nSPS) is 10.6. The molecule has 0 saturated heterocycles. The molecule has 0 bridgehead atoms. The second kappa shape index (κ2) is 5.27. The van der Waals surface area contributed by atoms with Crippen molar-refractivity contribution in [3.8, 4) is 0 Å². The van der Waals surface area contributed by atoms with Gasteiger partial charge in [0.2, 0.25) is 0 Å². The van der Waals surface area contributed by atoms with Crippen molar-refractivity contribution in [2.75, 3.05) is 11.1 Å². The van der Waals surface area contributed by atoms with Crippen LogP contribution in [0.1, 0.15) is 33.5 Å². The summed E-state index contributed by atoms with van der Waals surface area (Å²) in [7, 11) is 1.54. The van der Waals surface area contributed by atoms with Crippen molar-refractivity contribution in [3.63, 3.8) is 0 Å². The van der Waals surface area contributed by atoms with E-state index in [1.54, 1.807) is 6.92 Å². The van der Waals surface area contributed by atoms with Crippen LogP contribution in [-0.4, -0.2) is 36.5 Å². The van der Waals surface area contributed by atoms with Gasteiger partial charge in [-0.2, -0.15) is 10.2 Å². The van der Waals surface area contributed by atoms with Crippen LogP contribution >= 0.6 is 0 Å². The SMILES string of the molecule is CCn1nc(C)c(N)c1C(=O)Nc1c(C(=O)O)cnn1C. The number of nitrogens with zero attached hydrogens (tertiary/aromatic N) is 4. The van der Waals surface area contributed by atoms with Gasteiger partial charge < -0.3 is 16.2 Å². The van der Waals surface area contributed by atoms with Gasteiger partial charge >= 0.3 is 5.97 Å². The van der Waals surface area contributed by atoms with Gasteiger partial charge in [0, 0.05) is 13.6 Å². The number of carbonyl (C=O) groups excluding carboxylic acids is 1. The second-order valence-electron chi connectivity index (χ2n) is 4.45. The average Bonchev–Trinajstić information content (AvgIpc) is 2.92. The van der Waals surface area contributed by atoms with Crippen LogP contribution in [0.2, 0.25) is 0 Å². The zero-order valence-corrected chi connectivity index (χ0v) is 11.9. The molecule has 0 atom stereocenters. The topological polar surface area (TPSA) is 128 Å². The summed E-state index contributed by atoms with van der Waals surface area (Å²) in [6.07, 6.45) is 1.17. The van der Waals surface area contributed by atoms with Gasteiger partial charge in [-0.3, -0.25) is 14.2 Å². The molecule has 0 saturated carbocycles. The summed E-state index contributed by atoms with van der Waals surface area (Å²) in [6, 6.07) is 0. The van der Waals surface area contributed by atoms with Gasteiger partial charge in [0.1, 0.15) is 17.1 Å². The summed E-state index contributed by atoms with van der Waals surface area (Å²) >= 11 is 0. The number of anilines is 2. The molecule has 0 aromatic carbocycles. The van der Waals surface area contributed by atoms with E-state index in [0.717, 1.165) is 0 Å². The van der Waals surface area contributed by atoms with E-state index in [9.17, 15) is 9.59 Å². The van der Waals surface area contributed by atoms with Crippen molar-refractivity contribution < 1.29 is 14.7 Å². The lowest BCUT2D eigenvalue weighted by Gasteiger charge is -2.08. The van der Waals surface area contributed by atoms with Crippen LogP contribution in [0.4, 0.5) is 11.5 Å². The van der Waals surface area contributed by atoms with E-state index in [0.29, 0.717) is 12.2 Å². The van der Waals surface area contributed by atoms with Gasteiger partial charge in [-0.15, -0.1) is 0 Å². The van der Waals surface area contributed by atoms with E-state index >= 15 is 0 Å². The zero-order chi connectivity index (χ0) is 15.7. The molecule has 0 fully saturated rings. The van der Waals surface area contributed by atoms with E-state index in [-0.39, 0.29) is 22.8 Å². The molecule has 21 heavy (non-hydrogen) atoms. The maximum atomic E-state index is 12.4. The van der Waals surface area contributed by atoms with Crippen LogP contribution in [0.25, 0.3) is 0 Å². The Morgan fingerprint density at radius 1 is 1.48 bits per heavy atom. The fraction of sp³-hybridized carbons (Fsp3) is 0.333. The van der Waals surface area contributed by atoms with Gasteiger partial charge in [-0.05, 0) is 13.8 Å². The number of aromatic carboxylic acids is 1. The number of carboxylic acid groups (broad SMARTS) is 1. The van der Waals surface area contributed by atoms with E-state index in [4.69, 9.17) is 10.8 Å². The summed E-state index contributed by atoms with van der Waals surface area (Å²) in [4.78, 5) is 23.5. The highest BCUT2D eigenvalue weighted by atomic mass is 16.4. The Bertz CT molecular complexity index is 715. The molecule has 0 aliphatic heterocycles. The fourth-order valence-corrected chi connectivity index (χ4v) is 1.97. The predicted molar refractivity (Wildman–Crippen MR) is 75.2 cm³/mol. The minimum atomic E-state index is -1.17. The van der Waals surface area contributed by atoms with Crippen LogP contribution in [-0.2, 0) is 13.6 Å². The van der Waals surface area contributed by atoms with Gasteiger partial charge in [0.05, 0.1) is 17.6 Å². The Kier molecular flexibility index (Phi) is 3.66. The van der Waals surface area contributed by atoms with Crippen molar-refractivity contribution >= 4 is 23.4 Å². The Morgan fingerprint density at radius 3 is 2.71 bits per heavy atom. The summed E-state index contributed by atoms with van der Waals surface area (Å²) in [6.45, 7) is 4.00. The molecule has 112 valence electrons. The standard InChI is InChI=1S/C12H16N6O3/c1-4-18-9(8(13)6(2)16-18)11(19)15-10-7(12(20)21)5-14-17(10)3/h5H,4,13H2,1-3H3,(H,15,19)(H,20,21). The van der Waals surface area contributed by atoms with Crippen LogP contribution in [0.5, 0.6) is 0 Å². The third-order valence-corrected chi connectivity index (χ3v) is 3.09. The first-order chi connectivity index (χ1) is 9.86. The predicted octanol–water partition coefficient (Wildman–Crippen LogP) is 0.478. The fourth-order valence-electron chi connectivity index (χ4n) is 1.97. The number of nitrogen functional groups attached to an aromatic ring is 1. The molecule has 9 nitrogen and oxygen atoms in total. The van der Waals surface area contributed by atoms with Gasteiger partial charge in [-0.1, -0.05) is 0 Å². The minimum absolute atomic E-state index is 0.0911. The lowest BCUT2D eigenvalue weighted by Crippen LogP contribution is -2.21. The van der Waals surface area contributed by atoms with Crippen molar-refractivity contribution in [2.24, 2.45) is 7.05 Å². The number of nitrogens with two attached hydrogens (primary N) is 1. The molecular weight excluding hydrogens is 276 g/mol. The summed E-state index contributed by atoms with van der Waals surface area (Å²) in [5.41, 5.74) is 6.79. The monoisotopic (exact) mass is 292 g/mol. The average molecular weight is 292 g/mol. The first-order valence-electron chi connectivity index (χ1n) is 6.26. The number of hydrogen-bond acceptors (Lipinski definition) is 5. The maximum Gasteiger partial charge on any atom is 0.341 e. The number of carbonyl (C=O) groups is 2.